The monoisotopic (exact) mass is 373 g/mol. The smallest absolute Gasteiger partial charge is 0.335 e. The van der Waals surface area contributed by atoms with E-state index in [0.29, 0.717) is 13.2 Å². The van der Waals surface area contributed by atoms with Gasteiger partial charge in [-0.15, -0.1) is 0 Å². The number of aromatic nitrogens is 1. The van der Waals surface area contributed by atoms with E-state index in [1.54, 1.807) is 29.0 Å². The number of rotatable bonds is 6. The van der Waals surface area contributed by atoms with Gasteiger partial charge in [0.2, 0.25) is 0 Å². The zero-order valence-corrected chi connectivity index (χ0v) is 17.1. The number of hydrogen-bond acceptors (Lipinski definition) is 3. The molecule has 0 atom stereocenters. The minimum atomic E-state index is -1.82. The first-order valence-electron chi connectivity index (χ1n) is 8.69. The maximum Gasteiger partial charge on any atom is 0.335 e. The van der Waals surface area contributed by atoms with Crippen molar-refractivity contribution in [2.24, 2.45) is 0 Å². The van der Waals surface area contributed by atoms with Gasteiger partial charge < -0.3 is 14.1 Å². The number of benzene rings is 1. The van der Waals surface area contributed by atoms with Gasteiger partial charge in [-0.25, -0.2) is 4.79 Å². The number of carboxylic acid groups (broad SMARTS) is 1. The lowest BCUT2D eigenvalue weighted by Crippen LogP contribution is -2.41. The summed E-state index contributed by atoms with van der Waals surface area (Å²) in [7, 11) is -1.82. The Balaban J connectivity index is 2.08. The molecule has 6 heteroatoms. The molecule has 2 aromatic rings. The third kappa shape index (κ3) is 4.71. The summed E-state index contributed by atoms with van der Waals surface area (Å²) in [5.41, 5.74) is 1.72. The summed E-state index contributed by atoms with van der Waals surface area (Å²) in [5, 5.41) is 9.10. The van der Waals surface area contributed by atoms with Crippen LogP contribution in [-0.4, -0.2) is 30.6 Å². The lowest BCUT2D eigenvalue weighted by Gasteiger charge is -2.36. The minimum absolute atomic E-state index is 0.0938. The highest BCUT2D eigenvalue weighted by atomic mass is 28.4. The molecule has 0 aliphatic carbocycles. The van der Waals surface area contributed by atoms with Gasteiger partial charge in [-0.05, 0) is 47.5 Å². The van der Waals surface area contributed by atoms with Crippen LogP contribution in [0.3, 0.4) is 0 Å². The van der Waals surface area contributed by atoms with E-state index in [4.69, 9.17) is 9.53 Å². The molecule has 0 bridgehead atoms. The topological polar surface area (TPSA) is 68.5 Å². The summed E-state index contributed by atoms with van der Waals surface area (Å²) in [6, 6.07) is 9.93. The first-order valence-corrected chi connectivity index (χ1v) is 11.6. The standard InChI is InChI=1S/C20H27NO4Si/c1-20(2,3)26(4,5)25-13-12-21-11-10-17(14-18(21)22)15-6-8-16(9-7-15)19(23)24/h6-11,14H,12-13H2,1-5H3,(H,23,24). The molecule has 5 nitrogen and oxygen atoms in total. The Bertz CT molecular complexity index is 832. The molecule has 0 saturated heterocycles. The number of aromatic carboxylic acids is 1. The fraction of sp³-hybridized carbons (Fsp3) is 0.400. The van der Waals surface area contributed by atoms with Crippen molar-refractivity contribution in [2.45, 2.75) is 45.4 Å². The SMILES string of the molecule is CC(C)(C)[Si](C)(C)OCCn1ccc(-c2ccc(C(=O)O)cc2)cc1=O. The fourth-order valence-corrected chi connectivity index (χ4v) is 3.33. The zero-order chi connectivity index (χ0) is 19.5. The number of pyridine rings is 1. The third-order valence-electron chi connectivity index (χ3n) is 5.06. The van der Waals surface area contributed by atoms with Crippen LogP contribution in [0.4, 0.5) is 0 Å². The van der Waals surface area contributed by atoms with Gasteiger partial charge in [-0.3, -0.25) is 4.79 Å². The highest BCUT2D eigenvalue weighted by molar-refractivity contribution is 6.74. The van der Waals surface area contributed by atoms with Crippen LogP contribution in [0, 0.1) is 0 Å². The number of carboxylic acids is 1. The van der Waals surface area contributed by atoms with Gasteiger partial charge in [0, 0.05) is 18.8 Å². The molecule has 140 valence electrons. The van der Waals surface area contributed by atoms with Crippen molar-refractivity contribution >= 4 is 14.3 Å². The van der Waals surface area contributed by atoms with Crippen LogP contribution < -0.4 is 5.56 Å². The normalized spacial score (nSPS) is 12.2. The Morgan fingerprint density at radius 2 is 1.73 bits per heavy atom. The van der Waals surface area contributed by atoms with Gasteiger partial charge >= 0.3 is 5.97 Å². The van der Waals surface area contributed by atoms with Crippen LogP contribution in [0.25, 0.3) is 11.1 Å². The van der Waals surface area contributed by atoms with Crippen molar-refractivity contribution in [3.63, 3.8) is 0 Å². The Morgan fingerprint density at radius 3 is 2.23 bits per heavy atom. The summed E-state index contributed by atoms with van der Waals surface area (Å²) in [5.74, 6) is -0.964. The van der Waals surface area contributed by atoms with E-state index in [-0.39, 0.29) is 16.2 Å². The van der Waals surface area contributed by atoms with Crippen molar-refractivity contribution in [1.29, 1.82) is 0 Å². The maximum absolute atomic E-state index is 12.4. The van der Waals surface area contributed by atoms with E-state index in [0.717, 1.165) is 11.1 Å². The van der Waals surface area contributed by atoms with Crippen molar-refractivity contribution in [3.8, 4) is 11.1 Å². The molecule has 1 heterocycles. The predicted molar refractivity (Wildman–Crippen MR) is 106 cm³/mol. The largest absolute Gasteiger partial charge is 0.478 e. The molecule has 0 spiro atoms. The Kier molecular flexibility index (Phi) is 5.88. The first-order chi connectivity index (χ1) is 12.0. The van der Waals surface area contributed by atoms with Crippen LogP contribution in [0.15, 0.2) is 47.4 Å². The Labute approximate surface area is 155 Å². The molecule has 1 N–H and O–H groups in total. The zero-order valence-electron chi connectivity index (χ0n) is 16.1. The Morgan fingerprint density at radius 1 is 1.12 bits per heavy atom. The molecule has 0 unspecified atom stereocenters. The minimum Gasteiger partial charge on any atom is -0.478 e. The maximum atomic E-state index is 12.4. The van der Waals surface area contributed by atoms with Gasteiger partial charge in [0.1, 0.15) is 0 Å². The fourth-order valence-electron chi connectivity index (χ4n) is 2.29. The summed E-state index contributed by atoms with van der Waals surface area (Å²) < 4.78 is 7.77. The van der Waals surface area contributed by atoms with Crippen molar-refractivity contribution < 1.29 is 14.3 Å². The van der Waals surface area contributed by atoms with Crippen molar-refractivity contribution in [3.05, 3.63) is 58.5 Å². The van der Waals surface area contributed by atoms with Gasteiger partial charge in [0.05, 0.1) is 12.2 Å². The van der Waals surface area contributed by atoms with E-state index in [9.17, 15) is 9.59 Å². The molecule has 0 amide bonds. The van der Waals surface area contributed by atoms with Gasteiger partial charge in [0.15, 0.2) is 8.32 Å². The van der Waals surface area contributed by atoms with Crippen LogP contribution >= 0.6 is 0 Å². The van der Waals surface area contributed by atoms with Crippen molar-refractivity contribution in [1.82, 2.24) is 4.57 Å². The molecule has 1 aromatic heterocycles. The second-order valence-corrected chi connectivity index (χ2v) is 12.7. The molecule has 0 radical (unpaired) electrons. The van der Waals surface area contributed by atoms with Gasteiger partial charge in [0.25, 0.3) is 5.56 Å². The van der Waals surface area contributed by atoms with Crippen LogP contribution in [0.2, 0.25) is 18.1 Å². The number of hydrogen-bond donors (Lipinski definition) is 1. The predicted octanol–water partition coefficient (Wildman–Crippen LogP) is 4.24. The third-order valence-corrected chi connectivity index (χ3v) is 9.60. The quantitative estimate of drug-likeness (QED) is 0.769. The van der Waals surface area contributed by atoms with Gasteiger partial charge in [-0.2, -0.15) is 0 Å². The molecular formula is C20H27NO4Si. The van der Waals surface area contributed by atoms with E-state index in [1.165, 1.54) is 12.1 Å². The number of carbonyl (C=O) groups is 1. The highest BCUT2D eigenvalue weighted by Crippen LogP contribution is 2.36. The first kappa shape index (κ1) is 20.1. The van der Waals surface area contributed by atoms with E-state index in [1.807, 2.05) is 6.07 Å². The van der Waals surface area contributed by atoms with E-state index in [2.05, 4.69) is 33.9 Å². The molecule has 0 fully saturated rings. The summed E-state index contributed by atoms with van der Waals surface area (Å²) in [4.78, 5) is 23.3. The lowest BCUT2D eigenvalue weighted by molar-refractivity contribution is 0.0697. The second kappa shape index (κ2) is 7.59. The molecule has 0 saturated carbocycles. The average Bonchev–Trinajstić information content (AvgIpc) is 2.55. The summed E-state index contributed by atoms with van der Waals surface area (Å²) >= 11 is 0. The molecule has 1 aromatic carbocycles. The van der Waals surface area contributed by atoms with E-state index < -0.39 is 14.3 Å². The molecule has 26 heavy (non-hydrogen) atoms. The van der Waals surface area contributed by atoms with Crippen LogP contribution in [0.5, 0.6) is 0 Å². The molecular weight excluding hydrogens is 346 g/mol. The van der Waals surface area contributed by atoms with Crippen LogP contribution in [0.1, 0.15) is 31.1 Å². The number of nitrogens with zero attached hydrogens (tertiary/aromatic N) is 1. The van der Waals surface area contributed by atoms with Crippen molar-refractivity contribution in [2.75, 3.05) is 6.61 Å². The highest BCUT2D eigenvalue weighted by Gasteiger charge is 2.36. The summed E-state index contributed by atoms with van der Waals surface area (Å²) in [6.07, 6.45) is 1.76. The van der Waals surface area contributed by atoms with Gasteiger partial charge in [-0.1, -0.05) is 32.9 Å². The van der Waals surface area contributed by atoms with Crippen LogP contribution in [-0.2, 0) is 11.0 Å². The second-order valence-electron chi connectivity index (χ2n) is 7.94. The van der Waals surface area contributed by atoms with E-state index >= 15 is 0 Å². The molecule has 0 aliphatic heterocycles. The average molecular weight is 374 g/mol. The summed E-state index contributed by atoms with van der Waals surface area (Å²) in [6.45, 7) is 12.0. The molecule has 2 rings (SSSR count). The molecule has 0 aliphatic rings. The lowest BCUT2D eigenvalue weighted by atomic mass is 10.1. The Hall–Kier alpha value is -2.18.